The molecule has 2 N–H and O–H groups in total. The van der Waals surface area contributed by atoms with Crippen molar-refractivity contribution in [2.45, 2.75) is 26.3 Å². The number of para-hydroxylation sites is 1. The standard InChI is InChI=1S/C13H16N4/c1-9-6-7-17-12(8-9)15-16-13(17)10-4-2-3-5-11(10)14/h2-5,9H,6-8,14H2,1H3. The van der Waals surface area contributed by atoms with Crippen molar-refractivity contribution in [1.29, 1.82) is 0 Å². The van der Waals surface area contributed by atoms with Crippen LogP contribution >= 0.6 is 0 Å². The lowest BCUT2D eigenvalue weighted by molar-refractivity contribution is 0.411. The van der Waals surface area contributed by atoms with Crippen LogP contribution in [0.25, 0.3) is 11.4 Å². The zero-order valence-electron chi connectivity index (χ0n) is 9.93. The van der Waals surface area contributed by atoms with Gasteiger partial charge in [0.05, 0.1) is 0 Å². The Hall–Kier alpha value is -1.84. The first-order chi connectivity index (χ1) is 8.25. The molecule has 1 aliphatic heterocycles. The molecule has 0 radical (unpaired) electrons. The highest BCUT2D eigenvalue weighted by Gasteiger charge is 2.21. The van der Waals surface area contributed by atoms with E-state index in [9.17, 15) is 0 Å². The first-order valence-electron chi connectivity index (χ1n) is 6.02. The Bertz CT molecular complexity index is 544. The molecule has 3 rings (SSSR count). The van der Waals surface area contributed by atoms with Gasteiger partial charge < -0.3 is 10.3 Å². The molecule has 0 aliphatic carbocycles. The van der Waals surface area contributed by atoms with Crippen LogP contribution in [0.3, 0.4) is 0 Å². The number of benzene rings is 1. The van der Waals surface area contributed by atoms with Gasteiger partial charge in [-0.1, -0.05) is 19.1 Å². The fourth-order valence-corrected chi connectivity index (χ4v) is 2.38. The fourth-order valence-electron chi connectivity index (χ4n) is 2.38. The van der Waals surface area contributed by atoms with Crippen LogP contribution in [-0.4, -0.2) is 14.8 Å². The molecular weight excluding hydrogens is 212 g/mol. The summed E-state index contributed by atoms with van der Waals surface area (Å²) in [6.45, 7) is 3.25. The van der Waals surface area contributed by atoms with Crippen molar-refractivity contribution in [3.63, 3.8) is 0 Å². The first kappa shape index (κ1) is 10.3. The highest BCUT2D eigenvalue weighted by atomic mass is 15.3. The normalized spacial score (nSPS) is 19.0. The smallest absolute Gasteiger partial charge is 0.166 e. The first-order valence-corrected chi connectivity index (χ1v) is 6.02. The van der Waals surface area contributed by atoms with Crippen molar-refractivity contribution in [3.8, 4) is 11.4 Å². The maximum absolute atomic E-state index is 5.99. The topological polar surface area (TPSA) is 56.7 Å². The Morgan fingerprint density at radius 3 is 2.94 bits per heavy atom. The van der Waals surface area contributed by atoms with E-state index in [1.807, 2.05) is 24.3 Å². The van der Waals surface area contributed by atoms with Gasteiger partial charge in [0.15, 0.2) is 5.82 Å². The molecular formula is C13H16N4. The Morgan fingerprint density at radius 2 is 2.12 bits per heavy atom. The lowest BCUT2D eigenvalue weighted by atomic mass is 10.00. The number of nitrogens with zero attached hydrogens (tertiary/aromatic N) is 3. The van der Waals surface area contributed by atoms with E-state index in [1.165, 1.54) is 6.42 Å². The van der Waals surface area contributed by atoms with E-state index in [-0.39, 0.29) is 0 Å². The van der Waals surface area contributed by atoms with E-state index in [0.717, 1.165) is 35.9 Å². The van der Waals surface area contributed by atoms with E-state index >= 15 is 0 Å². The fraction of sp³-hybridized carbons (Fsp3) is 0.385. The number of fused-ring (bicyclic) bond motifs is 1. The number of anilines is 1. The number of rotatable bonds is 1. The van der Waals surface area contributed by atoms with E-state index in [2.05, 4.69) is 21.7 Å². The van der Waals surface area contributed by atoms with Crippen LogP contribution in [0.1, 0.15) is 19.2 Å². The summed E-state index contributed by atoms with van der Waals surface area (Å²) in [7, 11) is 0. The molecule has 2 heterocycles. The summed E-state index contributed by atoms with van der Waals surface area (Å²) >= 11 is 0. The number of nitrogen functional groups attached to an aromatic ring is 1. The van der Waals surface area contributed by atoms with Crippen molar-refractivity contribution >= 4 is 5.69 Å². The van der Waals surface area contributed by atoms with Gasteiger partial charge in [-0.3, -0.25) is 0 Å². The number of aromatic nitrogens is 3. The van der Waals surface area contributed by atoms with Crippen LogP contribution in [-0.2, 0) is 13.0 Å². The molecule has 1 atom stereocenters. The molecule has 88 valence electrons. The Balaban J connectivity index is 2.09. The van der Waals surface area contributed by atoms with Gasteiger partial charge in [0, 0.05) is 24.2 Å². The third-order valence-corrected chi connectivity index (χ3v) is 3.41. The molecule has 0 saturated heterocycles. The largest absolute Gasteiger partial charge is 0.398 e. The van der Waals surface area contributed by atoms with Gasteiger partial charge in [-0.25, -0.2) is 0 Å². The van der Waals surface area contributed by atoms with Gasteiger partial charge in [-0.2, -0.15) is 0 Å². The summed E-state index contributed by atoms with van der Waals surface area (Å²) in [5.41, 5.74) is 7.74. The van der Waals surface area contributed by atoms with Gasteiger partial charge in [0.25, 0.3) is 0 Å². The van der Waals surface area contributed by atoms with Crippen molar-refractivity contribution < 1.29 is 0 Å². The van der Waals surface area contributed by atoms with Crippen LogP contribution in [0.4, 0.5) is 5.69 Å². The van der Waals surface area contributed by atoms with Gasteiger partial charge in [-0.15, -0.1) is 10.2 Å². The van der Waals surface area contributed by atoms with Crippen molar-refractivity contribution in [1.82, 2.24) is 14.8 Å². The zero-order chi connectivity index (χ0) is 11.8. The maximum atomic E-state index is 5.99. The molecule has 4 heteroatoms. The summed E-state index contributed by atoms with van der Waals surface area (Å²) in [6, 6.07) is 7.83. The molecule has 0 spiro atoms. The third-order valence-electron chi connectivity index (χ3n) is 3.41. The molecule has 4 nitrogen and oxygen atoms in total. The summed E-state index contributed by atoms with van der Waals surface area (Å²) in [4.78, 5) is 0. The second kappa shape index (κ2) is 3.87. The van der Waals surface area contributed by atoms with Crippen molar-refractivity contribution in [3.05, 3.63) is 30.1 Å². The monoisotopic (exact) mass is 228 g/mol. The Kier molecular flexibility index (Phi) is 2.35. The van der Waals surface area contributed by atoms with E-state index in [4.69, 9.17) is 5.73 Å². The SMILES string of the molecule is CC1CCn2c(nnc2-c2ccccc2N)C1. The zero-order valence-corrected chi connectivity index (χ0v) is 9.93. The van der Waals surface area contributed by atoms with Crippen LogP contribution < -0.4 is 5.73 Å². The summed E-state index contributed by atoms with van der Waals surface area (Å²) in [6.07, 6.45) is 2.20. The van der Waals surface area contributed by atoms with Crippen LogP contribution in [0.5, 0.6) is 0 Å². The minimum atomic E-state index is 0.702. The predicted octanol–water partition coefficient (Wildman–Crippen LogP) is 2.11. The van der Waals surface area contributed by atoms with E-state index in [0.29, 0.717) is 5.92 Å². The minimum absolute atomic E-state index is 0.702. The molecule has 0 fully saturated rings. The molecule has 1 aromatic heterocycles. The van der Waals surface area contributed by atoms with Crippen LogP contribution in [0.2, 0.25) is 0 Å². The van der Waals surface area contributed by atoms with E-state index < -0.39 is 0 Å². The second-order valence-corrected chi connectivity index (χ2v) is 4.78. The second-order valence-electron chi connectivity index (χ2n) is 4.78. The van der Waals surface area contributed by atoms with Gasteiger partial charge in [0.1, 0.15) is 5.82 Å². The van der Waals surface area contributed by atoms with Gasteiger partial charge >= 0.3 is 0 Å². The Labute approximate surface area is 100 Å². The average Bonchev–Trinajstić information content (AvgIpc) is 2.72. The predicted molar refractivity (Wildman–Crippen MR) is 67.4 cm³/mol. The number of hydrogen-bond donors (Lipinski definition) is 1. The molecule has 0 saturated carbocycles. The minimum Gasteiger partial charge on any atom is -0.398 e. The Morgan fingerprint density at radius 1 is 1.29 bits per heavy atom. The number of hydrogen-bond acceptors (Lipinski definition) is 3. The van der Waals surface area contributed by atoms with Crippen LogP contribution in [0, 0.1) is 5.92 Å². The summed E-state index contributed by atoms with van der Waals surface area (Å²) in [5, 5.41) is 8.58. The molecule has 17 heavy (non-hydrogen) atoms. The molecule has 0 amide bonds. The van der Waals surface area contributed by atoms with Crippen LogP contribution in [0.15, 0.2) is 24.3 Å². The quantitative estimate of drug-likeness (QED) is 0.760. The van der Waals surface area contributed by atoms with Crippen molar-refractivity contribution in [2.75, 3.05) is 5.73 Å². The van der Waals surface area contributed by atoms with Gasteiger partial charge in [-0.05, 0) is 24.5 Å². The molecule has 1 aliphatic rings. The van der Waals surface area contributed by atoms with Crippen molar-refractivity contribution in [2.24, 2.45) is 5.92 Å². The molecule has 1 aromatic carbocycles. The summed E-state index contributed by atoms with van der Waals surface area (Å²) in [5.74, 6) is 2.69. The average molecular weight is 228 g/mol. The molecule has 1 unspecified atom stereocenters. The molecule has 0 bridgehead atoms. The van der Waals surface area contributed by atoms with E-state index in [1.54, 1.807) is 0 Å². The summed E-state index contributed by atoms with van der Waals surface area (Å²) < 4.78 is 2.20. The lowest BCUT2D eigenvalue weighted by Crippen LogP contribution is -2.18. The number of nitrogens with two attached hydrogens (primary N) is 1. The highest BCUT2D eigenvalue weighted by Crippen LogP contribution is 2.28. The maximum Gasteiger partial charge on any atom is 0.166 e. The lowest BCUT2D eigenvalue weighted by Gasteiger charge is -2.20. The highest BCUT2D eigenvalue weighted by molar-refractivity contribution is 5.71. The van der Waals surface area contributed by atoms with Gasteiger partial charge in [0.2, 0.25) is 0 Å². The molecule has 2 aromatic rings. The third kappa shape index (κ3) is 1.69.